The van der Waals surface area contributed by atoms with Gasteiger partial charge in [-0.1, -0.05) is 0 Å². The number of carbonyl (C=O) groups excluding carboxylic acids is 1. The van der Waals surface area contributed by atoms with Gasteiger partial charge in [0.25, 0.3) is 11.5 Å². The lowest BCUT2D eigenvalue weighted by Crippen LogP contribution is -2.36. The number of carbonyl (C=O) groups is 1. The number of pyridine rings is 1. The van der Waals surface area contributed by atoms with Crippen molar-refractivity contribution >= 4 is 17.2 Å². The maximum Gasteiger partial charge on any atom is 0.263 e. The maximum atomic E-state index is 12.5. The number of hydrogen-bond acceptors (Lipinski definition) is 4. The van der Waals surface area contributed by atoms with Crippen LogP contribution in [0.25, 0.3) is 0 Å². The van der Waals surface area contributed by atoms with E-state index in [1.54, 1.807) is 36.7 Å². The van der Waals surface area contributed by atoms with Gasteiger partial charge in [-0.25, -0.2) is 0 Å². The summed E-state index contributed by atoms with van der Waals surface area (Å²) in [6.07, 6.45) is 1.63. The van der Waals surface area contributed by atoms with E-state index in [2.05, 4.69) is 15.8 Å². The van der Waals surface area contributed by atoms with Gasteiger partial charge in [0.2, 0.25) is 0 Å². The maximum absolute atomic E-state index is 12.5. The molecule has 0 saturated heterocycles. The van der Waals surface area contributed by atoms with E-state index in [0.29, 0.717) is 6.54 Å². The van der Waals surface area contributed by atoms with Gasteiger partial charge in [0.1, 0.15) is 5.56 Å². The van der Waals surface area contributed by atoms with E-state index in [1.807, 2.05) is 36.0 Å². The van der Waals surface area contributed by atoms with E-state index < -0.39 is 0 Å². The largest absolute Gasteiger partial charge is 0.349 e. The molecule has 1 atom stereocenters. The molecule has 25 heavy (non-hydrogen) atoms. The molecule has 7 heteroatoms. The minimum atomic E-state index is -0.372. The fraction of sp³-hybridized carbons (Fsp3) is 0.278. The van der Waals surface area contributed by atoms with Gasteiger partial charge in [-0.2, -0.15) is 16.4 Å². The molecule has 0 bridgehead atoms. The van der Waals surface area contributed by atoms with Crippen LogP contribution in [0.2, 0.25) is 0 Å². The van der Waals surface area contributed by atoms with Crippen LogP contribution >= 0.6 is 11.3 Å². The third kappa shape index (κ3) is 3.56. The van der Waals surface area contributed by atoms with Crippen LogP contribution in [0.5, 0.6) is 0 Å². The van der Waals surface area contributed by atoms with Crippen molar-refractivity contribution in [3.05, 3.63) is 74.1 Å². The van der Waals surface area contributed by atoms with Crippen LogP contribution < -0.4 is 10.9 Å². The monoisotopic (exact) mass is 356 g/mol. The number of nitrogens with zero attached hydrogens (tertiary/aromatic N) is 3. The van der Waals surface area contributed by atoms with Gasteiger partial charge in [0, 0.05) is 25.5 Å². The summed E-state index contributed by atoms with van der Waals surface area (Å²) in [6.45, 7) is 4.30. The van der Waals surface area contributed by atoms with Crippen molar-refractivity contribution in [1.82, 2.24) is 19.7 Å². The van der Waals surface area contributed by atoms with E-state index in [9.17, 15) is 9.59 Å². The van der Waals surface area contributed by atoms with Crippen LogP contribution in [-0.2, 0) is 7.05 Å². The number of hydrogen-bond donors (Lipinski definition) is 1. The van der Waals surface area contributed by atoms with Crippen LogP contribution in [0.1, 0.15) is 33.4 Å². The third-order valence-electron chi connectivity index (χ3n) is 4.09. The van der Waals surface area contributed by atoms with Crippen molar-refractivity contribution < 1.29 is 4.79 Å². The zero-order valence-electron chi connectivity index (χ0n) is 14.4. The molecule has 0 radical (unpaired) electrons. The van der Waals surface area contributed by atoms with Crippen LogP contribution in [0, 0.1) is 13.8 Å². The lowest BCUT2D eigenvalue weighted by molar-refractivity contribution is 0.0947. The normalized spacial score (nSPS) is 12.1. The SMILES string of the molecule is Cc1cc(C)n(C(CNC(=O)c2cccn(C)c2=O)c2ccsc2)n1. The number of rotatable bonds is 5. The second kappa shape index (κ2) is 7.06. The summed E-state index contributed by atoms with van der Waals surface area (Å²) >= 11 is 1.60. The predicted molar refractivity (Wildman–Crippen MR) is 98.2 cm³/mol. The van der Waals surface area contributed by atoms with Crippen LogP contribution in [0.4, 0.5) is 0 Å². The van der Waals surface area contributed by atoms with E-state index in [0.717, 1.165) is 17.0 Å². The van der Waals surface area contributed by atoms with Gasteiger partial charge in [-0.3, -0.25) is 14.3 Å². The second-order valence-electron chi connectivity index (χ2n) is 5.99. The molecule has 0 spiro atoms. The second-order valence-corrected chi connectivity index (χ2v) is 6.77. The highest BCUT2D eigenvalue weighted by molar-refractivity contribution is 7.07. The average Bonchev–Trinajstić information content (AvgIpc) is 3.20. The van der Waals surface area contributed by atoms with Crippen molar-refractivity contribution in [2.45, 2.75) is 19.9 Å². The molecular weight excluding hydrogens is 336 g/mol. The molecule has 1 unspecified atom stereocenters. The Morgan fingerprint density at radius 2 is 2.16 bits per heavy atom. The molecule has 6 nitrogen and oxygen atoms in total. The molecule has 1 N–H and O–H groups in total. The number of nitrogens with one attached hydrogen (secondary N) is 1. The van der Waals surface area contributed by atoms with E-state index in [4.69, 9.17) is 0 Å². The number of thiophene rings is 1. The Morgan fingerprint density at radius 1 is 1.36 bits per heavy atom. The van der Waals surface area contributed by atoms with Gasteiger partial charge >= 0.3 is 0 Å². The Hall–Kier alpha value is -2.67. The Morgan fingerprint density at radius 3 is 2.80 bits per heavy atom. The highest BCUT2D eigenvalue weighted by atomic mass is 32.1. The van der Waals surface area contributed by atoms with Crippen molar-refractivity contribution in [1.29, 1.82) is 0 Å². The minimum absolute atomic E-state index is 0.114. The average molecular weight is 356 g/mol. The molecule has 3 rings (SSSR count). The predicted octanol–water partition coefficient (Wildman–Crippen LogP) is 2.28. The van der Waals surface area contributed by atoms with E-state index in [1.165, 1.54) is 4.57 Å². The van der Waals surface area contributed by atoms with Gasteiger partial charge in [0.15, 0.2) is 0 Å². The lowest BCUT2D eigenvalue weighted by atomic mass is 10.1. The molecule has 0 fully saturated rings. The van der Waals surface area contributed by atoms with Crippen LogP contribution in [0.15, 0.2) is 46.0 Å². The zero-order chi connectivity index (χ0) is 18.0. The summed E-state index contributed by atoms with van der Waals surface area (Å²) < 4.78 is 3.31. The Bertz CT molecular complexity index is 940. The molecule has 0 aliphatic rings. The molecular formula is C18H20N4O2S. The van der Waals surface area contributed by atoms with Crippen molar-refractivity contribution in [3.8, 4) is 0 Å². The first-order valence-electron chi connectivity index (χ1n) is 7.96. The molecule has 1 amide bonds. The van der Waals surface area contributed by atoms with Crippen molar-refractivity contribution in [2.75, 3.05) is 6.54 Å². The summed E-state index contributed by atoms with van der Waals surface area (Å²) in [5.74, 6) is -0.372. The Balaban J connectivity index is 1.84. The van der Waals surface area contributed by atoms with E-state index in [-0.39, 0.29) is 23.1 Å². The molecule has 3 aromatic heterocycles. The number of aryl methyl sites for hydroxylation is 3. The lowest BCUT2D eigenvalue weighted by Gasteiger charge is -2.19. The summed E-state index contributed by atoms with van der Waals surface area (Å²) in [5, 5.41) is 11.5. The molecule has 0 aliphatic carbocycles. The van der Waals surface area contributed by atoms with Crippen molar-refractivity contribution in [2.24, 2.45) is 7.05 Å². The Kier molecular flexibility index (Phi) is 4.85. The highest BCUT2D eigenvalue weighted by Crippen LogP contribution is 2.22. The fourth-order valence-electron chi connectivity index (χ4n) is 2.83. The summed E-state index contributed by atoms with van der Waals surface area (Å²) in [7, 11) is 1.63. The van der Waals surface area contributed by atoms with E-state index >= 15 is 0 Å². The minimum Gasteiger partial charge on any atom is -0.349 e. The Labute approximate surface area is 149 Å². The van der Waals surface area contributed by atoms with Gasteiger partial charge in [-0.15, -0.1) is 0 Å². The first-order valence-corrected chi connectivity index (χ1v) is 8.90. The molecule has 130 valence electrons. The quantitative estimate of drug-likeness (QED) is 0.762. The molecule has 3 aromatic rings. The summed E-state index contributed by atoms with van der Waals surface area (Å²) in [6, 6.07) is 7.15. The third-order valence-corrected chi connectivity index (χ3v) is 4.79. The van der Waals surface area contributed by atoms with Gasteiger partial charge in [0.05, 0.1) is 11.7 Å². The molecule has 3 heterocycles. The standard InChI is InChI=1S/C18H20N4O2S/c1-12-9-13(2)22(20-12)16(14-6-8-25-11-14)10-19-17(23)15-5-4-7-21(3)18(15)24/h4-9,11,16H,10H2,1-3H3,(H,19,23). The fourth-order valence-corrected chi connectivity index (χ4v) is 3.53. The van der Waals surface area contributed by atoms with Gasteiger partial charge in [-0.05, 0) is 54.4 Å². The molecule has 0 aliphatic heterocycles. The summed E-state index contributed by atoms with van der Waals surface area (Å²) in [4.78, 5) is 24.6. The topological polar surface area (TPSA) is 68.9 Å². The first kappa shape index (κ1) is 17.2. The number of aromatic nitrogens is 3. The van der Waals surface area contributed by atoms with Crippen molar-refractivity contribution in [3.63, 3.8) is 0 Å². The zero-order valence-corrected chi connectivity index (χ0v) is 15.2. The number of amides is 1. The molecule has 0 saturated carbocycles. The summed E-state index contributed by atoms with van der Waals surface area (Å²) in [5.41, 5.74) is 2.87. The van der Waals surface area contributed by atoms with Gasteiger partial charge < -0.3 is 9.88 Å². The highest BCUT2D eigenvalue weighted by Gasteiger charge is 2.20. The first-order chi connectivity index (χ1) is 12.0. The smallest absolute Gasteiger partial charge is 0.263 e. The van der Waals surface area contributed by atoms with Crippen LogP contribution in [-0.4, -0.2) is 26.8 Å². The molecule has 0 aromatic carbocycles. The van der Waals surface area contributed by atoms with Crippen LogP contribution in [0.3, 0.4) is 0 Å².